The molecular weight excluding hydrogens is 374 g/mol. The van der Waals surface area contributed by atoms with Crippen LogP contribution in [0.5, 0.6) is 0 Å². The summed E-state index contributed by atoms with van der Waals surface area (Å²) >= 11 is 0. The standard InChI is InChI=1S/C20H29N5O2S/c1-20(2)16-25(13-14-28(20,26)27)19(21-3)23-15-18-22-10-12-24(18)11-9-17-7-5-4-6-8-17/h4-8,10,12H,9,11,13-16H2,1-3H3,(H,21,23). The van der Waals surface area contributed by atoms with E-state index in [1.165, 1.54) is 5.56 Å². The van der Waals surface area contributed by atoms with Gasteiger partial charge in [0, 0.05) is 39.1 Å². The van der Waals surface area contributed by atoms with Gasteiger partial charge in [0.1, 0.15) is 5.82 Å². The molecule has 7 nitrogen and oxygen atoms in total. The molecule has 2 heterocycles. The molecular formula is C20H29N5O2S. The Bertz CT molecular complexity index is 919. The van der Waals surface area contributed by atoms with Gasteiger partial charge in [-0.2, -0.15) is 0 Å². The maximum absolute atomic E-state index is 12.2. The summed E-state index contributed by atoms with van der Waals surface area (Å²) in [5.74, 6) is 1.79. The van der Waals surface area contributed by atoms with E-state index in [1.54, 1.807) is 27.1 Å². The third kappa shape index (κ3) is 4.55. The molecule has 0 bridgehead atoms. The molecule has 1 N–H and O–H groups in total. The van der Waals surface area contributed by atoms with E-state index in [2.05, 4.69) is 44.1 Å². The Kier molecular flexibility index (Phi) is 6.07. The Morgan fingerprint density at radius 2 is 2.04 bits per heavy atom. The largest absolute Gasteiger partial charge is 0.349 e. The van der Waals surface area contributed by atoms with Gasteiger partial charge in [-0.15, -0.1) is 0 Å². The maximum Gasteiger partial charge on any atom is 0.194 e. The molecule has 1 aromatic heterocycles. The van der Waals surface area contributed by atoms with E-state index in [0.29, 0.717) is 25.6 Å². The molecule has 3 rings (SSSR count). The predicted molar refractivity (Wildman–Crippen MR) is 112 cm³/mol. The number of hydrogen-bond acceptors (Lipinski definition) is 4. The van der Waals surface area contributed by atoms with E-state index in [0.717, 1.165) is 18.8 Å². The first kappa shape index (κ1) is 20.4. The van der Waals surface area contributed by atoms with Gasteiger partial charge in [-0.05, 0) is 25.8 Å². The Morgan fingerprint density at radius 1 is 1.29 bits per heavy atom. The van der Waals surface area contributed by atoms with Gasteiger partial charge in [0.2, 0.25) is 0 Å². The van der Waals surface area contributed by atoms with Gasteiger partial charge in [-0.1, -0.05) is 30.3 Å². The zero-order valence-electron chi connectivity index (χ0n) is 16.8. The minimum atomic E-state index is -3.08. The second kappa shape index (κ2) is 8.34. The quantitative estimate of drug-likeness (QED) is 0.607. The summed E-state index contributed by atoms with van der Waals surface area (Å²) in [6.07, 6.45) is 4.73. The first-order chi connectivity index (χ1) is 13.3. The van der Waals surface area contributed by atoms with Crippen LogP contribution in [0.3, 0.4) is 0 Å². The summed E-state index contributed by atoms with van der Waals surface area (Å²) in [6.45, 7) is 5.83. The Hall–Kier alpha value is -2.35. The lowest BCUT2D eigenvalue weighted by Gasteiger charge is -2.39. The first-order valence-electron chi connectivity index (χ1n) is 9.54. The zero-order valence-corrected chi connectivity index (χ0v) is 17.6. The van der Waals surface area contributed by atoms with E-state index >= 15 is 0 Å². The molecule has 1 fully saturated rings. The van der Waals surface area contributed by atoms with E-state index in [1.807, 2.05) is 17.2 Å². The number of nitrogens with zero attached hydrogens (tertiary/aromatic N) is 4. The van der Waals surface area contributed by atoms with Gasteiger partial charge in [0.25, 0.3) is 0 Å². The summed E-state index contributed by atoms with van der Waals surface area (Å²) in [7, 11) is -1.35. The lowest BCUT2D eigenvalue weighted by Crippen LogP contribution is -2.57. The number of imidazole rings is 1. The number of aryl methyl sites for hydroxylation is 2. The van der Waals surface area contributed by atoms with Crippen molar-refractivity contribution in [2.75, 3.05) is 25.9 Å². The fourth-order valence-electron chi connectivity index (χ4n) is 3.42. The average Bonchev–Trinajstić information content (AvgIpc) is 3.11. The van der Waals surface area contributed by atoms with Crippen LogP contribution in [-0.4, -0.2) is 59.5 Å². The lowest BCUT2D eigenvalue weighted by molar-refractivity contribution is 0.352. The molecule has 1 saturated heterocycles. The summed E-state index contributed by atoms with van der Waals surface area (Å²) in [6, 6.07) is 10.4. The highest BCUT2D eigenvalue weighted by Gasteiger charge is 2.40. The van der Waals surface area contributed by atoms with Gasteiger partial charge in [0.05, 0.1) is 17.0 Å². The Labute approximate surface area is 167 Å². The first-order valence-corrected chi connectivity index (χ1v) is 11.2. The van der Waals surface area contributed by atoms with Gasteiger partial charge < -0.3 is 14.8 Å². The minimum Gasteiger partial charge on any atom is -0.349 e. The van der Waals surface area contributed by atoms with Crippen molar-refractivity contribution >= 4 is 15.8 Å². The third-order valence-electron chi connectivity index (χ3n) is 5.25. The molecule has 0 atom stereocenters. The number of hydrogen-bond donors (Lipinski definition) is 1. The SMILES string of the molecule is CN=C(NCc1nccn1CCc1ccccc1)N1CCS(=O)(=O)C(C)(C)C1. The fraction of sp³-hybridized carbons (Fsp3) is 0.500. The highest BCUT2D eigenvalue weighted by Crippen LogP contribution is 2.23. The van der Waals surface area contributed by atoms with Crippen LogP contribution in [0.1, 0.15) is 25.2 Å². The number of aromatic nitrogens is 2. The third-order valence-corrected chi connectivity index (χ3v) is 7.78. The second-order valence-electron chi connectivity index (χ2n) is 7.67. The van der Waals surface area contributed by atoms with Crippen LogP contribution >= 0.6 is 0 Å². The van der Waals surface area contributed by atoms with Crippen molar-refractivity contribution in [2.24, 2.45) is 4.99 Å². The smallest absolute Gasteiger partial charge is 0.194 e. The zero-order chi connectivity index (χ0) is 20.2. The molecule has 1 aliphatic rings. The van der Waals surface area contributed by atoms with Crippen LogP contribution in [-0.2, 0) is 29.3 Å². The van der Waals surface area contributed by atoms with Gasteiger partial charge in [-0.25, -0.2) is 13.4 Å². The van der Waals surface area contributed by atoms with E-state index in [9.17, 15) is 8.42 Å². The number of nitrogens with one attached hydrogen (secondary N) is 1. The van der Waals surface area contributed by atoms with Crippen molar-refractivity contribution in [1.82, 2.24) is 19.8 Å². The molecule has 1 aromatic carbocycles. The summed E-state index contributed by atoms with van der Waals surface area (Å²) in [4.78, 5) is 10.8. The predicted octanol–water partition coefficient (Wildman–Crippen LogP) is 1.71. The molecule has 8 heteroatoms. The number of sulfone groups is 1. The van der Waals surface area contributed by atoms with Crippen LogP contribution in [0.15, 0.2) is 47.7 Å². The summed E-state index contributed by atoms with van der Waals surface area (Å²) in [5, 5.41) is 3.34. The average molecular weight is 404 g/mol. The van der Waals surface area contributed by atoms with Gasteiger partial charge in [-0.3, -0.25) is 4.99 Å². The highest BCUT2D eigenvalue weighted by atomic mass is 32.2. The molecule has 28 heavy (non-hydrogen) atoms. The van der Waals surface area contributed by atoms with Crippen molar-refractivity contribution in [1.29, 1.82) is 0 Å². The maximum atomic E-state index is 12.2. The van der Waals surface area contributed by atoms with Crippen molar-refractivity contribution in [3.8, 4) is 0 Å². The van der Waals surface area contributed by atoms with E-state index in [-0.39, 0.29) is 5.75 Å². The molecule has 0 spiro atoms. The second-order valence-corrected chi connectivity index (χ2v) is 10.4. The fourth-order valence-corrected chi connectivity index (χ4v) is 4.79. The lowest BCUT2D eigenvalue weighted by atomic mass is 10.1. The normalized spacial score (nSPS) is 18.8. The van der Waals surface area contributed by atoms with Crippen molar-refractivity contribution in [2.45, 2.75) is 38.1 Å². The van der Waals surface area contributed by atoms with E-state index < -0.39 is 14.6 Å². The number of guanidine groups is 1. The van der Waals surface area contributed by atoms with Crippen LogP contribution in [0.4, 0.5) is 0 Å². The molecule has 0 unspecified atom stereocenters. The molecule has 0 amide bonds. The summed E-state index contributed by atoms with van der Waals surface area (Å²) < 4.78 is 25.8. The van der Waals surface area contributed by atoms with Crippen LogP contribution in [0, 0.1) is 0 Å². The molecule has 0 saturated carbocycles. The molecule has 152 valence electrons. The molecule has 2 aromatic rings. The Morgan fingerprint density at radius 3 is 2.71 bits per heavy atom. The molecule has 1 aliphatic heterocycles. The van der Waals surface area contributed by atoms with Crippen molar-refractivity contribution < 1.29 is 8.42 Å². The van der Waals surface area contributed by atoms with Crippen LogP contribution in [0.25, 0.3) is 0 Å². The van der Waals surface area contributed by atoms with Gasteiger partial charge in [0.15, 0.2) is 15.8 Å². The van der Waals surface area contributed by atoms with Crippen molar-refractivity contribution in [3.05, 3.63) is 54.1 Å². The van der Waals surface area contributed by atoms with Crippen LogP contribution < -0.4 is 5.32 Å². The van der Waals surface area contributed by atoms with Gasteiger partial charge >= 0.3 is 0 Å². The molecule has 0 aliphatic carbocycles. The topological polar surface area (TPSA) is 79.6 Å². The minimum absolute atomic E-state index is 0.145. The summed E-state index contributed by atoms with van der Waals surface area (Å²) in [5.41, 5.74) is 1.29. The van der Waals surface area contributed by atoms with Crippen molar-refractivity contribution in [3.63, 3.8) is 0 Å². The highest BCUT2D eigenvalue weighted by molar-refractivity contribution is 7.92. The monoisotopic (exact) mass is 403 g/mol. The molecule has 0 radical (unpaired) electrons. The number of aliphatic imine (C=N–C) groups is 1. The number of benzene rings is 1. The van der Waals surface area contributed by atoms with E-state index in [4.69, 9.17) is 0 Å². The Balaban J connectivity index is 1.60. The van der Waals surface area contributed by atoms with Crippen LogP contribution in [0.2, 0.25) is 0 Å². The number of rotatable bonds is 5.